The molecule has 1 heteroatoms. The van der Waals surface area contributed by atoms with Gasteiger partial charge in [-0.15, -0.1) is 0 Å². The predicted octanol–water partition coefficient (Wildman–Crippen LogP) is 3.59. The Morgan fingerprint density at radius 3 is 2.10 bits per heavy atom. The number of hydrogen-bond donors (Lipinski definition) is 1. The zero-order valence-corrected chi connectivity index (χ0v) is 12.4. The molecular formula is C19H23N. The van der Waals surface area contributed by atoms with Gasteiger partial charge in [-0.1, -0.05) is 53.6 Å². The number of hydrogen-bond acceptors (Lipinski definition) is 1. The monoisotopic (exact) mass is 265 g/mol. The van der Waals surface area contributed by atoms with E-state index in [2.05, 4.69) is 56.3 Å². The molecule has 1 atom stereocenters. The Morgan fingerprint density at radius 2 is 1.55 bits per heavy atom. The largest absolute Gasteiger partial charge is 0.327 e. The third-order valence-electron chi connectivity index (χ3n) is 4.44. The molecule has 0 spiro atoms. The molecule has 2 N–H and O–H groups in total. The maximum atomic E-state index is 6.49. The van der Waals surface area contributed by atoms with Gasteiger partial charge in [0.1, 0.15) is 0 Å². The molecule has 104 valence electrons. The standard InChI is InChI=1S/C19H23N/c1-13-7-14(2)9-15(8-13)10-19(20)18-11-16-5-3-4-6-17(16)12-18/h3-9,18-19H,10-12,20H2,1-2H3. The van der Waals surface area contributed by atoms with E-state index < -0.39 is 0 Å². The Kier molecular flexibility index (Phi) is 3.62. The van der Waals surface area contributed by atoms with Gasteiger partial charge in [-0.05, 0) is 55.7 Å². The second kappa shape index (κ2) is 5.41. The third kappa shape index (κ3) is 2.78. The lowest BCUT2D eigenvalue weighted by molar-refractivity contribution is 0.437. The Morgan fingerprint density at radius 1 is 1.00 bits per heavy atom. The zero-order chi connectivity index (χ0) is 14.1. The summed E-state index contributed by atoms with van der Waals surface area (Å²) in [4.78, 5) is 0. The summed E-state index contributed by atoms with van der Waals surface area (Å²) in [5.74, 6) is 0.591. The molecule has 0 saturated heterocycles. The minimum absolute atomic E-state index is 0.253. The molecule has 0 radical (unpaired) electrons. The summed E-state index contributed by atoms with van der Waals surface area (Å²) in [6.07, 6.45) is 3.27. The number of nitrogens with two attached hydrogens (primary N) is 1. The van der Waals surface area contributed by atoms with Crippen molar-refractivity contribution < 1.29 is 0 Å². The molecule has 2 aromatic rings. The van der Waals surface area contributed by atoms with Gasteiger partial charge in [-0.2, -0.15) is 0 Å². The number of fused-ring (bicyclic) bond motifs is 1. The average Bonchev–Trinajstić information content (AvgIpc) is 2.81. The Labute approximate surface area is 121 Å². The van der Waals surface area contributed by atoms with Crippen LogP contribution in [-0.4, -0.2) is 6.04 Å². The first-order valence-electron chi connectivity index (χ1n) is 7.51. The molecule has 1 unspecified atom stereocenters. The average molecular weight is 265 g/mol. The lowest BCUT2D eigenvalue weighted by atomic mass is 9.91. The SMILES string of the molecule is Cc1cc(C)cc(CC(N)C2Cc3ccccc3C2)c1. The van der Waals surface area contributed by atoms with Gasteiger partial charge in [0.2, 0.25) is 0 Å². The summed E-state index contributed by atoms with van der Waals surface area (Å²) in [7, 11) is 0. The third-order valence-corrected chi connectivity index (χ3v) is 4.44. The van der Waals surface area contributed by atoms with Gasteiger partial charge >= 0.3 is 0 Å². The maximum absolute atomic E-state index is 6.49. The first-order chi connectivity index (χ1) is 9.61. The summed E-state index contributed by atoms with van der Waals surface area (Å²) in [6.45, 7) is 4.32. The zero-order valence-electron chi connectivity index (χ0n) is 12.4. The van der Waals surface area contributed by atoms with Crippen LogP contribution in [0.4, 0.5) is 0 Å². The molecule has 0 fully saturated rings. The van der Waals surface area contributed by atoms with E-state index in [9.17, 15) is 0 Å². The van der Waals surface area contributed by atoms with Crippen LogP contribution in [0.2, 0.25) is 0 Å². The highest BCUT2D eigenvalue weighted by Crippen LogP contribution is 2.29. The van der Waals surface area contributed by atoms with Crippen molar-refractivity contribution in [1.82, 2.24) is 0 Å². The molecule has 3 rings (SSSR count). The van der Waals surface area contributed by atoms with E-state index in [1.807, 2.05) is 0 Å². The Bertz CT molecular complexity index is 570. The summed E-state index contributed by atoms with van der Waals surface area (Å²) >= 11 is 0. The van der Waals surface area contributed by atoms with Crippen LogP contribution < -0.4 is 5.73 Å². The van der Waals surface area contributed by atoms with Crippen LogP contribution in [0.5, 0.6) is 0 Å². The summed E-state index contributed by atoms with van der Waals surface area (Å²) in [5.41, 5.74) is 13.5. The first-order valence-corrected chi connectivity index (χ1v) is 7.51. The van der Waals surface area contributed by atoms with Gasteiger partial charge in [0, 0.05) is 6.04 Å². The van der Waals surface area contributed by atoms with Crippen molar-refractivity contribution in [2.75, 3.05) is 0 Å². The van der Waals surface area contributed by atoms with Gasteiger partial charge < -0.3 is 5.73 Å². The van der Waals surface area contributed by atoms with Gasteiger partial charge in [-0.25, -0.2) is 0 Å². The normalized spacial score (nSPS) is 16.1. The quantitative estimate of drug-likeness (QED) is 0.901. The molecule has 0 bridgehead atoms. The first kappa shape index (κ1) is 13.4. The number of benzene rings is 2. The van der Waals surface area contributed by atoms with E-state index in [4.69, 9.17) is 5.73 Å². The van der Waals surface area contributed by atoms with Gasteiger partial charge in [0.25, 0.3) is 0 Å². The van der Waals surface area contributed by atoms with E-state index >= 15 is 0 Å². The molecule has 1 aliphatic rings. The van der Waals surface area contributed by atoms with Crippen molar-refractivity contribution in [3.8, 4) is 0 Å². The van der Waals surface area contributed by atoms with Crippen LogP contribution in [0.15, 0.2) is 42.5 Å². The molecule has 1 nitrogen and oxygen atoms in total. The number of rotatable bonds is 3. The minimum Gasteiger partial charge on any atom is -0.327 e. The highest BCUT2D eigenvalue weighted by atomic mass is 14.7. The fourth-order valence-corrected chi connectivity index (χ4v) is 3.52. The summed E-state index contributed by atoms with van der Waals surface area (Å²) in [6, 6.07) is 15.8. The van der Waals surface area contributed by atoms with E-state index in [1.165, 1.54) is 27.8 Å². The van der Waals surface area contributed by atoms with Crippen LogP contribution in [0, 0.1) is 19.8 Å². The highest BCUT2D eigenvalue weighted by Gasteiger charge is 2.26. The second-order valence-electron chi connectivity index (χ2n) is 6.30. The lowest BCUT2D eigenvalue weighted by Crippen LogP contribution is -2.32. The minimum atomic E-state index is 0.253. The van der Waals surface area contributed by atoms with E-state index in [-0.39, 0.29) is 6.04 Å². The molecule has 0 saturated carbocycles. The van der Waals surface area contributed by atoms with Crippen LogP contribution in [0.25, 0.3) is 0 Å². The highest BCUT2D eigenvalue weighted by molar-refractivity contribution is 5.33. The van der Waals surface area contributed by atoms with Crippen LogP contribution in [0.3, 0.4) is 0 Å². The van der Waals surface area contributed by atoms with Crippen LogP contribution in [-0.2, 0) is 19.3 Å². The smallest absolute Gasteiger partial charge is 0.0114 e. The molecule has 0 heterocycles. The van der Waals surface area contributed by atoms with Gasteiger partial charge in [0.15, 0.2) is 0 Å². The Hall–Kier alpha value is -1.60. The van der Waals surface area contributed by atoms with E-state index in [1.54, 1.807) is 0 Å². The molecule has 0 aromatic heterocycles. The van der Waals surface area contributed by atoms with Crippen LogP contribution in [0.1, 0.15) is 27.8 Å². The van der Waals surface area contributed by atoms with Gasteiger partial charge in [0.05, 0.1) is 0 Å². The van der Waals surface area contributed by atoms with Crippen molar-refractivity contribution in [3.05, 3.63) is 70.3 Å². The summed E-state index contributed by atoms with van der Waals surface area (Å²) < 4.78 is 0. The lowest BCUT2D eigenvalue weighted by Gasteiger charge is -2.19. The molecule has 0 aliphatic heterocycles. The van der Waals surface area contributed by atoms with E-state index in [0.29, 0.717) is 5.92 Å². The molecule has 1 aliphatic carbocycles. The van der Waals surface area contributed by atoms with E-state index in [0.717, 1.165) is 19.3 Å². The van der Waals surface area contributed by atoms with Crippen molar-refractivity contribution >= 4 is 0 Å². The van der Waals surface area contributed by atoms with Crippen molar-refractivity contribution in [2.45, 2.75) is 39.2 Å². The predicted molar refractivity (Wildman–Crippen MR) is 84.9 cm³/mol. The topological polar surface area (TPSA) is 26.0 Å². The molecular weight excluding hydrogens is 242 g/mol. The van der Waals surface area contributed by atoms with Gasteiger partial charge in [-0.3, -0.25) is 0 Å². The van der Waals surface area contributed by atoms with Crippen LogP contribution >= 0.6 is 0 Å². The summed E-state index contributed by atoms with van der Waals surface area (Å²) in [5, 5.41) is 0. The molecule has 0 amide bonds. The second-order valence-corrected chi connectivity index (χ2v) is 6.30. The Balaban J connectivity index is 1.70. The molecule has 2 aromatic carbocycles. The number of aryl methyl sites for hydroxylation is 2. The fraction of sp³-hybridized carbons (Fsp3) is 0.368. The fourth-order valence-electron chi connectivity index (χ4n) is 3.52. The van der Waals surface area contributed by atoms with Crippen molar-refractivity contribution in [2.24, 2.45) is 11.7 Å². The molecule has 20 heavy (non-hydrogen) atoms. The van der Waals surface area contributed by atoms with Crippen molar-refractivity contribution in [3.63, 3.8) is 0 Å². The van der Waals surface area contributed by atoms with Crippen molar-refractivity contribution in [1.29, 1.82) is 0 Å². The maximum Gasteiger partial charge on any atom is 0.0114 e.